The van der Waals surface area contributed by atoms with Gasteiger partial charge in [0.25, 0.3) is 0 Å². The first-order chi connectivity index (χ1) is 7.70. The number of hydrogen-bond acceptors (Lipinski definition) is 1. The molecule has 1 aromatic heterocycles. The van der Waals surface area contributed by atoms with Crippen molar-refractivity contribution < 1.29 is 0 Å². The molecule has 1 unspecified atom stereocenters. The van der Waals surface area contributed by atoms with E-state index in [4.69, 9.17) is 4.98 Å². The van der Waals surface area contributed by atoms with Crippen LogP contribution in [-0.4, -0.2) is 4.98 Å². The molecule has 1 aliphatic carbocycles. The third kappa shape index (κ3) is 2.84. The molecule has 0 radical (unpaired) electrons. The predicted molar refractivity (Wildman–Crippen MR) is 68.7 cm³/mol. The maximum absolute atomic E-state index is 4.86. The van der Waals surface area contributed by atoms with Gasteiger partial charge in [-0.05, 0) is 43.7 Å². The molecule has 0 saturated heterocycles. The molecule has 1 aliphatic rings. The molecule has 1 aromatic rings. The highest BCUT2D eigenvalue weighted by Crippen LogP contribution is 2.39. The van der Waals surface area contributed by atoms with E-state index in [1.54, 1.807) is 0 Å². The highest BCUT2D eigenvalue weighted by atomic mass is 14.7. The minimum Gasteiger partial charge on any atom is -0.257 e. The van der Waals surface area contributed by atoms with Crippen LogP contribution in [0.5, 0.6) is 0 Å². The van der Waals surface area contributed by atoms with Crippen LogP contribution in [0.15, 0.2) is 12.1 Å². The Balaban J connectivity index is 2.08. The molecule has 0 amide bonds. The number of hydrogen-bond donors (Lipinski definition) is 0. The fraction of sp³-hybridized carbons (Fsp3) is 0.667. The lowest BCUT2D eigenvalue weighted by Gasteiger charge is -2.12. The van der Waals surface area contributed by atoms with E-state index in [1.807, 2.05) is 0 Å². The molecule has 1 fully saturated rings. The van der Waals surface area contributed by atoms with Crippen LogP contribution in [0.3, 0.4) is 0 Å². The Morgan fingerprint density at radius 3 is 2.75 bits per heavy atom. The first-order valence-corrected chi connectivity index (χ1v) is 6.67. The summed E-state index contributed by atoms with van der Waals surface area (Å²) in [5.41, 5.74) is 4.04. The van der Waals surface area contributed by atoms with Crippen LogP contribution >= 0.6 is 0 Å². The first kappa shape index (κ1) is 11.6. The third-order valence-corrected chi connectivity index (χ3v) is 3.54. The zero-order valence-electron chi connectivity index (χ0n) is 10.8. The van der Waals surface area contributed by atoms with Gasteiger partial charge in [-0.15, -0.1) is 0 Å². The summed E-state index contributed by atoms with van der Waals surface area (Å²) in [4.78, 5) is 4.86. The normalized spacial score (nSPS) is 17.4. The number of pyridine rings is 1. The second-order valence-electron chi connectivity index (χ2n) is 5.37. The molecule has 1 heteroatoms. The Hall–Kier alpha value is -0.850. The molecule has 1 nitrogen and oxygen atoms in total. The fourth-order valence-electron chi connectivity index (χ4n) is 2.33. The summed E-state index contributed by atoms with van der Waals surface area (Å²) in [5.74, 6) is 1.55. The van der Waals surface area contributed by atoms with Crippen molar-refractivity contribution in [1.29, 1.82) is 0 Å². The maximum Gasteiger partial charge on any atom is 0.0438 e. The van der Waals surface area contributed by atoms with Crippen molar-refractivity contribution in [2.75, 3.05) is 0 Å². The minimum absolute atomic E-state index is 0.769. The van der Waals surface area contributed by atoms with Crippen LogP contribution in [0.4, 0.5) is 0 Å². The Bertz CT molecular complexity index is 352. The highest BCUT2D eigenvalue weighted by molar-refractivity contribution is 5.25. The van der Waals surface area contributed by atoms with Gasteiger partial charge in [0.2, 0.25) is 0 Å². The zero-order chi connectivity index (χ0) is 11.5. The number of rotatable bonds is 5. The van der Waals surface area contributed by atoms with Crippen LogP contribution in [0.1, 0.15) is 62.4 Å². The van der Waals surface area contributed by atoms with Gasteiger partial charge in [0.15, 0.2) is 0 Å². The van der Waals surface area contributed by atoms with Crippen molar-refractivity contribution in [3.8, 4) is 0 Å². The molecule has 0 spiro atoms. The monoisotopic (exact) mass is 217 g/mol. The molecule has 0 N–H and O–H groups in total. The van der Waals surface area contributed by atoms with Gasteiger partial charge in [-0.3, -0.25) is 4.98 Å². The summed E-state index contributed by atoms with van der Waals surface area (Å²) in [6, 6.07) is 4.48. The Labute approximate surface area is 99.3 Å². The number of aryl methyl sites for hydroxylation is 1. The number of aromatic nitrogens is 1. The van der Waals surface area contributed by atoms with Gasteiger partial charge in [-0.25, -0.2) is 0 Å². The third-order valence-electron chi connectivity index (χ3n) is 3.54. The SMILES string of the molecule is CCCC(C)Cc1nc(C2CC2)ccc1C. The largest absolute Gasteiger partial charge is 0.257 e. The molecule has 1 atom stereocenters. The lowest BCUT2D eigenvalue weighted by molar-refractivity contribution is 0.514. The zero-order valence-corrected chi connectivity index (χ0v) is 10.8. The van der Waals surface area contributed by atoms with E-state index in [-0.39, 0.29) is 0 Å². The van der Waals surface area contributed by atoms with Gasteiger partial charge in [0.1, 0.15) is 0 Å². The van der Waals surface area contributed by atoms with E-state index >= 15 is 0 Å². The molecular formula is C15H23N. The summed E-state index contributed by atoms with van der Waals surface area (Å²) in [7, 11) is 0. The molecule has 88 valence electrons. The van der Waals surface area contributed by atoms with Gasteiger partial charge in [-0.1, -0.05) is 32.8 Å². The molecule has 16 heavy (non-hydrogen) atoms. The van der Waals surface area contributed by atoms with E-state index in [0.29, 0.717) is 0 Å². The molecule has 1 heterocycles. The molecule has 1 saturated carbocycles. The molecular weight excluding hydrogens is 194 g/mol. The average Bonchev–Trinajstić information content (AvgIpc) is 3.05. The highest BCUT2D eigenvalue weighted by Gasteiger charge is 2.25. The van der Waals surface area contributed by atoms with Gasteiger partial charge in [-0.2, -0.15) is 0 Å². The Kier molecular flexibility index (Phi) is 3.63. The van der Waals surface area contributed by atoms with E-state index in [0.717, 1.165) is 18.3 Å². The summed E-state index contributed by atoms with van der Waals surface area (Å²) in [6.07, 6.45) is 6.44. The van der Waals surface area contributed by atoms with Crippen molar-refractivity contribution in [3.63, 3.8) is 0 Å². The second kappa shape index (κ2) is 4.99. The fourth-order valence-corrected chi connectivity index (χ4v) is 2.33. The average molecular weight is 217 g/mol. The summed E-state index contributed by atoms with van der Waals surface area (Å²) in [6.45, 7) is 6.80. The standard InChI is InChI=1S/C15H23N/c1-4-5-11(2)10-15-12(3)6-9-14(16-15)13-7-8-13/h6,9,11,13H,4-5,7-8,10H2,1-3H3. The van der Waals surface area contributed by atoms with Crippen molar-refractivity contribution in [2.45, 2.75) is 58.8 Å². The number of nitrogens with zero attached hydrogens (tertiary/aromatic N) is 1. The van der Waals surface area contributed by atoms with Crippen LogP contribution in [0.2, 0.25) is 0 Å². The maximum atomic E-state index is 4.86. The molecule has 0 aromatic carbocycles. The predicted octanol–water partition coefficient (Wildman–Crippen LogP) is 4.25. The quantitative estimate of drug-likeness (QED) is 0.718. The van der Waals surface area contributed by atoms with Gasteiger partial charge >= 0.3 is 0 Å². The van der Waals surface area contributed by atoms with Crippen LogP contribution < -0.4 is 0 Å². The van der Waals surface area contributed by atoms with Gasteiger partial charge in [0, 0.05) is 17.3 Å². The topological polar surface area (TPSA) is 12.9 Å². The lowest BCUT2D eigenvalue weighted by Crippen LogP contribution is -2.05. The van der Waals surface area contributed by atoms with Gasteiger partial charge < -0.3 is 0 Å². The van der Waals surface area contributed by atoms with Crippen LogP contribution in [0.25, 0.3) is 0 Å². The van der Waals surface area contributed by atoms with Crippen molar-refractivity contribution in [1.82, 2.24) is 4.98 Å². The van der Waals surface area contributed by atoms with E-state index in [2.05, 4.69) is 32.9 Å². The smallest absolute Gasteiger partial charge is 0.0438 e. The summed E-state index contributed by atoms with van der Waals surface area (Å²) < 4.78 is 0. The minimum atomic E-state index is 0.769. The Morgan fingerprint density at radius 2 is 2.12 bits per heavy atom. The van der Waals surface area contributed by atoms with E-state index in [1.165, 1.54) is 42.6 Å². The van der Waals surface area contributed by atoms with Crippen molar-refractivity contribution in [3.05, 3.63) is 29.1 Å². The molecule has 0 aliphatic heterocycles. The van der Waals surface area contributed by atoms with E-state index in [9.17, 15) is 0 Å². The van der Waals surface area contributed by atoms with Crippen molar-refractivity contribution >= 4 is 0 Å². The van der Waals surface area contributed by atoms with Crippen molar-refractivity contribution in [2.24, 2.45) is 5.92 Å². The van der Waals surface area contributed by atoms with Crippen LogP contribution in [-0.2, 0) is 6.42 Å². The Morgan fingerprint density at radius 1 is 1.38 bits per heavy atom. The summed E-state index contributed by atoms with van der Waals surface area (Å²) >= 11 is 0. The van der Waals surface area contributed by atoms with Gasteiger partial charge in [0.05, 0.1) is 0 Å². The molecule has 0 bridgehead atoms. The van der Waals surface area contributed by atoms with Crippen LogP contribution in [0, 0.1) is 12.8 Å². The lowest BCUT2D eigenvalue weighted by atomic mass is 9.97. The van der Waals surface area contributed by atoms with E-state index < -0.39 is 0 Å². The first-order valence-electron chi connectivity index (χ1n) is 6.67. The molecule has 2 rings (SSSR count). The second-order valence-corrected chi connectivity index (χ2v) is 5.37. The summed E-state index contributed by atoms with van der Waals surface area (Å²) in [5, 5.41) is 0.